The third kappa shape index (κ3) is 2.04. The van der Waals surface area contributed by atoms with Gasteiger partial charge in [0.05, 0.1) is 6.04 Å². The van der Waals surface area contributed by atoms with Gasteiger partial charge in [-0.1, -0.05) is 13.8 Å². The van der Waals surface area contributed by atoms with Crippen LogP contribution < -0.4 is 5.73 Å². The van der Waals surface area contributed by atoms with Gasteiger partial charge in [-0.3, -0.25) is 5.10 Å². The number of hydrogen-bond acceptors (Lipinski definition) is 3. The number of nitrogens with two attached hydrogens (primary N) is 1. The van der Waals surface area contributed by atoms with Crippen LogP contribution >= 0.6 is 0 Å². The molecule has 1 unspecified atom stereocenters. The van der Waals surface area contributed by atoms with Crippen molar-refractivity contribution in [3.05, 3.63) is 11.6 Å². The molecule has 0 saturated carbocycles. The van der Waals surface area contributed by atoms with E-state index in [2.05, 4.69) is 22.1 Å². The molecule has 0 bridgehead atoms. The first-order valence-electron chi connectivity index (χ1n) is 4.44. The second kappa shape index (κ2) is 4.21. The van der Waals surface area contributed by atoms with Crippen LogP contribution in [0.4, 0.5) is 0 Å². The summed E-state index contributed by atoms with van der Waals surface area (Å²) in [7, 11) is 0. The Morgan fingerprint density at radius 2 is 2.25 bits per heavy atom. The van der Waals surface area contributed by atoms with Crippen molar-refractivity contribution in [3.8, 4) is 0 Å². The second-order valence-electron chi connectivity index (χ2n) is 2.91. The van der Waals surface area contributed by atoms with Gasteiger partial charge in [0.15, 0.2) is 5.82 Å². The van der Waals surface area contributed by atoms with Crippen molar-refractivity contribution in [1.29, 1.82) is 0 Å². The van der Waals surface area contributed by atoms with Crippen molar-refractivity contribution >= 4 is 0 Å². The zero-order valence-electron chi connectivity index (χ0n) is 7.67. The summed E-state index contributed by atoms with van der Waals surface area (Å²) < 4.78 is 0. The minimum Gasteiger partial charge on any atom is -0.321 e. The van der Waals surface area contributed by atoms with Gasteiger partial charge in [-0.2, -0.15) is 5.10 Å². The lowest BCUT2D eigenvalue weighted by Crippen LogP contribution is -2.10. The van der Waals surface area contributed by atoms with Crippen molar-refractivity contribution in [1.82, 2.24) is 15.2 Å². The Hall–Kier alpha value is -0.900. The molecule has 0 spiro atoms. The van der Waals surface area contributed by atoms with E-state index >= 15 is 0 Å². The predicted molar refractivity (Wildman–Crippen MR) is 47.6 cm³/mol. The molecule has 1 aromatic rings. The summed E-state index contributed by atoms with van der Waals surface area (Å²) in [6, 6.07) is -0.0214. The van der Waals surface area contributed by atoms with Crippen molar-refractivity contribution in [2.24, 2.45) is 5.73 Å². The van der Waals surface area contributed by atoms with E-state index in [-0.39, 0.29) is 6.04 Å². The Kier molecular flexibility index (Phi) is 3.22. The summed E-state index contributed by atoms with van der Waals surface area (Å²) in [5, 5.41) is 6.93. The first kappa shape index (κ1) is 9.19. The molecule has 0 aliphatic rings. The van der Waals surface area contributed by atoms with Gasteiger partial charge in [-0.05, 0) is 12.8 Å². The topological polar surface area (TPSA) is 67.6 Å². The molecule has 12 heavy (non-hydrogen) atoms. The monoisotopic (exact) mass is 168 g/mol. The average Bonchev–Trinajstić information content (AvgIpc) is 2.52. The Labute approximate surface area is 72.6 Å². The van der Waals surface area contributed by atoms with E-state index in [4.69, 9.17) is 5.73 Å². The maximum atomic E-state index is 5.76. The molecule has 3 N–H and O–H groups in total. The van der Waals surface area contributed by atoms with Gasteiger partial charge in [0.1, 0.15) is 5.82 Å². The summed E-state index contributed by atoms with van der Waals surface area (Å²) in [5.41, 5.74) is 5.76. The number of nitrogens with zero attached hydrogens (tertiary/aromatic N) is 2. The van der Waals surface area contributed by atoms with Crippen molar-refractivity contribution in [2.75, 3.05) is 0 Å². The highest BCUT2D eigenvalue weighted by Gasteiger charge is 2.08. The van der Waals surface area contributed by atoms with Crippen LogP contribution in [-0.4, -0.2) is 15.2 Å². The fourth-order valence-electron chi connectivity index (χ4n) is 1.01. The fourth-order valence-corrected chi connectivity index (χ4v) is 1.01. The summed E-state index contributed by atoms with van der Waals surface area (Å²) in [5.74, 6) is 1.68. The Morgan fingerprint density at radius 3 is 2.83 bits per heavy atom. The smallest absolute Gasteiger partial charge is 0.167 e. The quantitative estimate of drug-likeness (QED) is 0.709. The molecule has 1 rings (SSSR count). The largest absolute Gasteiger partial charge is 0.321 e. The van der Waals surface area contributed by atoms with Crippen LogP contribution in [0.1, 0.15) is 44.4 Å². The molecule has 0 aliphatic carbocycles. The van der Waals surface area contributed by atoms with Gasteiger partial charge in [0.25, 0.3) is 0 Å². The average molecular weight is 168 g/mol. The van der Waals surface area contributed by atoms with Crippen LogP contribution in [0.2, 0.25) is 0 Å². The highest BCUT2D eigenvalue weighted by molar-refractivity contribution is 4.95. The first-order valence-corrected chi connectivity index (χ1v) is 4.44. The molecule has 1 aromatic heterocycles. The summed E-state index contributed by atoms with van der Waals surface area (Å²) in [6.45, 7) is 4.14. The number of rotatable bonds is 4. The molecule has 1 atom stereocenters. The van der Waals surface area contributed by atoms with E-state index in [1.165, 1.54) is 0 Å². The van der Waals surface area contributed by atoms with E-state index < -0.39 is 0 Å². The highest BCUT2D eigenvalue weighted by Crippen LogP contribution is 2.07. The molecule has 0 saturated heterocycles. The van der Waals surface area contributed by atoms with Crippen LogP contribution in [0.5, 0.6) is 0 Å². The Balaban J connectivity index is 2.63. The molecule has 0 fully saturated rings. The minimum absolute atomic E-state index is 0.0214. The number of H-pyrrole nitrogens is 1. The van der Waals surface area contributed by atoms with E-state index in [1.54, 1.807) is 0 Å². The molecule has 4 heteroatoms. The van der Waals surface area contributed by atoms with Crippen molar-refractivity contribution < 1.29 is 0 Å². The van der Waals surface area contributed by atoms with Gasteiger partial charge in [-0.25, -0.2) is 4.98 Å². The number of aromatic nitrogens is 3. The fraction of sp³-hybridized carbons (Fsp3) is 0.750. The summed E-state index contributed by atoms with van der Waals surface area (Å²) in [6.07, 6.45) is 2.91. The van der Waals surface area contributed by atoms with Gasteiger partial charge in [0, 0.05) is 6.42 Å². The molecular weight excluding hydrogens is 152 g/mol. The Morgan fingerprint density at radius 1 is 1.50 bits per heavy atom. The van der Waals surface area contributed by atoms with Gasteiger partial charge in [-0.15, -0.1) is 0 Å². The molecule has 0 aromatic carbocycles. The third-order valence-electron chi connectivity index (χ3n) is 1.81. The molecule has 4 nitrogen and oxygen atoms in total. The van der Waals surface area contributed by atoms with Gasteiger partial charge >= 0.3 is 0 Å². The van der Waals surface area contributed by atoms with E-state index in [0.717, 1.165) is 30.9 Å². The van der Waals surface area contributed by atoms with Crippen LogP contribution in [0.15, 0.2) is 0 Å². The zero-order chi connectivity index (χ0) is 8.97. The van der Waals surface area contributed by atoms with Crippen LogP contribution in [-0.2, 0) is 6.42 Å². The second-order valence-corrected chi connectivity index (χ2v) is 2.91. The minimum atomic E-state index is -0.0214. The van der Waals surface area contributed by atoms with E-state index in [9.17, 15) is 0 Å². The van der Waals surface area contributed by atoms with Crippen LogP contribution in [0.25, 0.3) is 0 Å². The van der Waals surface area contributed by atoms with Crippen molar-refractivity contribution in [2.45, 2.75) is 39.2 Å². The number of aromatic amines is 1. The third-order valence-corrected chi connectivity index (χ3v) is 1.81. The van der Waals surface area contributed by atoms with E-state index in [0.29, 0.717) is 0 Å². The zero-order valence-corrected chi connectivity index (χ0v) is 7.67. The SMILES string of the molecule is CCCc1nc(C(N)CC)n[nH]1. The van der Waals surface area contributed by atoms with Crippen molar-refractivity contribution in [3.63, 3.8) is 0 Å². The standard InChI is InChI=1S/C8H16N4/c1-3-5-7-10-8(12-11-7)6(9)4-2/h6H,3-5,9H2,1-2H3,(H,10,11,12). The van der Waals surface area contributed by atoms with E-state index in [1.807, 2.05) is 6.92 Å². The lowest BCUT2D eigenvalue weighted by Gasteiger charge is -2.00. The molecule has 0 aliphatic heterocycles. The maximum Gasteiger partial charge on any atom is 0.167 e. The molecular formula is C8H16N4. The molecule has 1 heterocycles. The van der Waals surface area contributed by atoms with Gasteiger partial charge < -0.3 is 5.73 Å². The maximum absolute atomic E-state index is 5.76. The predicted octanol–water partition coefficient (Wildman–Crippen LogP) is 1.17. The lowest BCUT2D eigenvalue weighted by atomic mass is 10.2. The number of aryl methyl sites for hydroxylation is 1. The summed E-state index contributed by atoms with van der Waals surface area (Å²) >= 11 is 0. The molecule has 0 amide bonds. The molecule has 68 valence electrons. The van der Waals surface area contributed by atoms with Gasteiger partial charge in [0.2, 0.25) is 0 Å². The summed E-state index contributed by atoms with van der Waals surface area (Å²) in [4.78, 5) is 4.28. The van der Waals surface area contributed by atoms with Crippen LogP contribution in [0, 0.1) is 0 Å². The lowest BCUT2D eigenvalue weighted by molar-refractivity contribution is 0.651. The normalized spacial score (nSPS) is 13.2. The number of hydrogen-bond donors (Lipinski definition) is 2. The first-order chi connectivity index (χ1) is 5.77. The molecule has 0 radical (unpaired) electrons. The Bertz CT molecular complexity index is 231. The van der Waals surface area contributed by atoms with Crippen LogP contribution in [0.3, 0.4) is 0 Å². The number of nitrogens with one attached hydrogen (secondary N) is 1. The highest BCUT2D eigenvalue weighted by atomic mass is 15.2.